The van der Waals surface area contributed by atoms with Gasteiger partial charge in [-0.1, -0.05) is 42.1 Å². The zero-order valence-corrected chi connectivity index (χ0v) is 13.0. The summed E-state index contributed by atoms with van der Waals surface area (Å²) in [5, 5.41) is 3.23. The van der Waals surface area contributed by atoms with Crippen LogP contribution in [-0.4, -0.2) is 38.1 Å². The smallest absolute Gasteiger partial charge is 0.277 e. The van der Waals surface area contributed by atoms with Gasteiger partial charge < -0.3 is 10.3 Å². The minimum atomic E-state index is -0.292. The van der Waals surface area contributed by atoms with Gasteiger partial charge in [-0.3, -0.25) is 14.6 Å². The highest BCUT2D eigenvalue weighted by Gasteiger charge is 2.08. The molecule has 3 rings (SSSR count). The van der Waals surface area contributed by atoms with Crippen molar-refractivity contribution in [2.45, 2.75) is 11.6 Å². The molecule has 0 fully saturated rings. The summed E-state index contributed by atoms with van der Waals surface area (Å²) in [5.41, 5.74) is 1.57. The molecule has 0 unspecified atom stereocenters. The summed E-state index contributed by atoms with van der Waals surface area (Å²) in [7, 11) is 0. The molecule has 0 saturated heterocycles. The summed E-state index contributed by atoms with van der Waals surface area (Å²) >= 11 is 1.17. The average molecular weight is 329 g/mol. The Morgan fingerprint density at radius 1 is 1.26 bits per heavy atom. The van der Waals surface area contributed by atoms with Crippen molar-refractivity contribution >= 4 is 28.8 Å². The molecule has 1 aromatic carbocycles. The molecule has 8 heteroatoms. The number of fused-ring (bicyclic) bond motifs is 1. The van der Waals surface area contributed by atoms with Crippen LogP contribution in [0.4, 0.5) is 0 Å². The number of imidazole rings is 1. The second kappa shape index (κ2) is 7.10. The molecule has 0 aliphatic heterocycles. The molecule has 0 bridgehead atoms. The molecular weight excluding hydrogens is 314 g/mol. The van der Waals surface area contributed by atoms with Crippen molar-refractivity contribution in [2.24, 2.45) is 0 Å². The van der Waals surface area contributed by atoms with Crippen molar-refractivity contribution < 1.29 is 4.79 Å². The standard InChI is InChI=1S/C15H15N5O2S/c21-11(16-7-6-10-4-2-1-3-5-10)8-23-15-19-13-12(14(22)20-15)17-9-18-13/h1-5,9H,6-8H2,(H,16,21)(H2,17,18,19,20,22). The van der Waals surface area contributed by atoms with E-state index in [1.54, 1.807) is 0 Å². The lowest BCUT2D eigenvalue weighted by molar-refractivity contribution is -0.118. The first kappa shape index (κ1) is 15.3. The lowest BCUT2D eigenvalue weighted by atomic mass is 10.1. The van der Waals surface area contributed by atoms with E-state index in [1.165, 1.54) is 23.7 Å². The fourth-order valence-electron chi connectivity index (χ4n) is 2.07. The topological polar surface area (TPSA) is 104 Å². The number of nitrogens with one attached hydrogen (secondary N) is 3. The first-order valence-corrected chi connectivity index (χ1v) is 8.08. The number of H-pyrrole nitrogens is 2. The van der Waals surface area contributed by atoms with E-state index in [9.17, 15) is 9.59 Å². The maximum absolute atomic E-state index is 11.8. The largest absolute Gasteiger partial charge is 0.355 e. The average Bonchev–Trinajstić information content (AvgIpc) is 3.03. The molecule has 7 nitrogen and oxygen atoms in total. The summed E-state index contributed by atoms with van der Waals surface area (Å²) < 4.78 is 0. The van der Waals surface area contributed by atoms with E-state index in [1.807, 2.05) is 30.3 Å². The van der Waals surface area contributed by atoms with Gasteiger partial charge in [0.05, 0.1) is 12.1 Å². The molecule has 2 heterocycles. The van der Waals surface area contributed by atoms with E-state index in [2.05, 4.69) is 25.3 Å². The Morgan fingerprint density at radius 3 is 2.91 bits per heavy atom. The van der Waals surface area contributed by atoms with Gasteiger partial charge in [-0.25, -0.2) is 9.97 Å². The number of thioether (sulfide) groups is 1. The van der Waals surface area contributed by atoms with Gasteiger partial charge >= 0.3 is 0 Å². The number of carbonyl (C=O) groups excluding carboxylic acids is 1. The number of carbonyl (C=O) groups is 1. The zero-order valence-electron chi connectivity index (χ0n) is 12.2. The van der Waals surface area contributed by atoms with Crippen molar-refractivity contribution in [1.82, 2.24) is 25.3 Å². The molecule has 23 heavy (non-hydrogen) atoms. The predicted molar refractivity (Wildman–Crippen MR) is 88.4 cm³/mol. The van der Waals surface area contributed by atoms with Gasteiger partial charge in [-0.15, -0.1) is 0 Å². The third kappa shape index (κ3) is 3.98. The van der Waals surface area contributed by atoms with Crippen LogP contribution in [0.15, 0.2) is 46.6 Å². The number of hydrogen-bond donors (Lipinski definition) is 3. The van der Waals surface area contributed by atoms with Gasteiger partial charge in [-0.05, 0) is 12.0 Å². The summed E-state index contributed by atoms with van der Waals surface area (Å²) in [4.78, 5) is 37.1. The molecule has 0 saturated carbocycles. The summed E-state index contributed by atoms with van der Waals surface area (Å²) in [6, 6.07) is 9.95. The lowest BCUT2D eigenvalue weighted by Gasteiger charge is -2.05. The van der Waals surface area contributed by atoms with Gasteiger partial charge in [0.1, 0.15) is 0 Å². The summed E-state index contributed by atoms with van der Waals surface area (Å²) in [6.07, 6.45) is 2.20. The molecule has 2 aromatic heterocycles. The van der Waals surface area contributed by atoms with Gasteiger partial charge in [-0.2, -0.15) is 0 Å². The van der Waals surface area contributed by atoms with Crippen LogP contribution in [0.25, 0.3) is 11.2 Å². The molecule has 0 atom stereocenters. The van der Waals surface area contributed by atoms with Crippen LogP contribution in [0.3, 0.4) is 0 Å². The van der Waals surface area contributed by atoms with Crippen LogP contribution in [0.2, 0.25) is 0 Å². The highest BCUT2D eigenvalue weighted by molar-refractivity contribution is 7.99. The Balaban J connectivity index is 1.49. The highest BCUT2D eigenvalue weighted by atomic mass is 32.2. The maximum Gasteiger partial charge on any atom is 0.277 e. The number of amides is 1. The monoisotopic (exact) mass is 329 g/mol. The minimum absolute atomic E-state index is 0.101. The normalized spacial score (nSPS) is 10.8. The van der Waals surface area contributed by atoms with Crippen LogP contribution < -0.4 is 10.9 Å². The zero-order chi connectivity index (χ0) is 16.1. The summed E-state index contributed by atoms with van der Waals surface area (Å²) in [5.74, 6) is 0.0870. The Bertz CT molecular complexity index is 859. The van der Waals surface area contributed by atoms with Crippen LogP contribution in [-0.2, 0) is 11.2 Å². The van der Waals surface area contributed by atoms with Crippen molar-refractivity contribution in [2.75, 3.05) is 12.3 Å². The molecule has 0 radical (unpaired) electrons. The van der Waals surface area contributed by atoms with Crippen LogP contribution in [0.1, 0.15) is 5.56 Å². The number of aromatic nitrogens is 4. The first-order valence-electron chi connectivity index (χ1n) is 7.09. The SMILES string of the molecule is O=C(CSc1nc2nc[nH]c2c(=O)[nH]1)NCCc1ccccc1. The molecule has 1 amide bonds. The van der Waals surface area contributed by atoms with Gasteiger partial charge in [0.2, 0.25) is 5.91 Å². The first-order chi connectivity index (χ1) is 11.2. The van der Waals surface area contributed by atoms with Crippen LogP contribution in [0.5, 0.6) is 0 Å². The van der Waals surface area contributed by atoms with E-state index in [4.69, 9.17) is 0 Å². The fourth-order valence-corrected chi connectivity index (χ4v) is 2.75. The van der Waals surface area contributed by atoms with Crippen molar-refractivity contribution in [3.05, 3.63) is 52.6 Å². The maximum atomic E-state index is 11.8. The van der Waals surface area contributed by atoms with Crippen molar-refractivity contribution in [1.29, 1.82) is 0 Å². The Morgan fingerprint density at radius 2 is 2.09 bits per heavy atom. The molecular formula is C15H15N5O2S. The highest BCUT2D eigenvalue weighted by Crippen LogP contribution is 2.12. The Labute approximate surface area is 135 Å². The number of nitrogens with zero attached hydrogens (tertiary/aromatic N) is 2. The van der Waals surface area contributed by atoms with Gasteiger partial charge in [0.25, 0.3) is 5.56 Å². The van der Waals surface area contributed by atoms with Crippen LogP contribution >= 0.6 is 11.8 Å². The van der Waals surface area contributed by atoms with E-state index in [0.29, 0.717) is 22.9 Å². The van der Waals surface area contributed by atoms with E-state index < -0.39 is 0 Å². The number of hydrogen-bond acceptors (Lipinski definition) is 5. The predicted octanol–water partition coefficient (Wildman–Crippen LogP) is 1.10. The van der Waals surface area contributed by atoms with Crippen molar-refractivity contribution in [3.63, 3.8) is 0 Å². The fraction of sp³-hybridized carbons (Fsp3) is 0.200. The Hall–Kier alpha value is -2.61. The molecule has 0 spiro atoms. The third-order valence-corrected chi connectivity index (χ3v) is 4.07. The molecule has 0 aliphatic carbocycles. The van der Waals surface area contributed by atoms with Gasteiger partial charge in [0, 0.05) is 6.54 Å². The second-order valence-corrected chi connectivity index (χ2v) is 5.81. The lowest BCUT2D eigenvalue weighted by Crippen LogP contribution is -2.27. The van der Waals surface area contributed by atoms with E-state index in [0.717, 1.165) is 6.42 Å². The molecule has 3 N–H and O–H groups in total. The minimum Gasteiger partial charge on any atom is -0.355 e. The van der Waals surface area contributed by atoms with Crippen molar-refractivity contribution in [3.8, 4) is 0 Å². The molecule has 3 aromatic rings. The number of rotatable bonds is 6. The van der Waals surface area contributed by atoms with E-state index in [-0.39, 0.29) is 17.2 Å². The van der Waals surface area contributed by atoms with Crippen LogP contribution in [0, 0.1) is 0 Å². The molecule has 0 aliphatic rings. The second-order valence-electron chi connectivity index (χ2n) is 4.85. The molecule has 118 valence electrons. The third-order valence-electron chi connectivity index (χ3n) is 3.19. The number of aromatic amines is 2. The Kier molecular flexibility index (Phi) is 4.72. The quantitative estimate of drug-likeness (QED) is 0.464. The summed E-state index contributed by atoms with van der Waals surface area (Å²) in [6.45, 7) is 0.575. The number of benzene rings is 1. The van der Waals surface area contributed by atoms with Gasteiger partial charge in [0.15, 0.2) is 16.3 Å². The van der Waals surface area contributed by atoms with E-state index >= 15 is 0 Å².